The molecule has 4 rings (SSSR count). The Bertz CT molecular complexity index is 1120. The maximum Gasteiger partial charge on any atom is 0.0634 e. The van der Waals surface area contributed by atoms with Crippen LogP contribution in [0, 0.1) is 24.6 Å². The first-order chi connectivity index (χ1) is 14.2. The number of hydrogen-bond donors (Lipinski definition) is 0. The molecule has 0 amide bonds. The van der Waals surface area contributed by atoms with Crippen LogP contribution in [0.5, 0.6) is 0 Å². The van der Waals surface area contributed by atoms with E-state index >= 15 is 0 Å². The van der Waals surface area contributed by atoms with Crippen LogP contribution in [0.3, 0.4) is 0 Å². The van der Waals surface area contributed by atoms with Crippen molar-refractivity contribution < 1.29 is 28.9 Å². The molecule has 5 nitrogen and oxygen atoms in total. The smallest absolute Gasteiger partial charge is 0.0634 e. The van der Waals surface area contributed by atoms with Crippen LogP contribution in [-0.2, 0) is 25.5 Å². The molecule has 0 spiro atoms. The van der Waals surface area contributed by atoms with E-state index in [1.807, 2.05) is 30.3 Å². The summed E-state index contributed by atoms with van der Waals surface area (Å²) >= 11 is 0. The van der Waals surface area contributed by atoms with Gasteiger partial charge in [0.2, 0.25) is 0 Å². The fraction of sp³-hybridized carbons (Fsp3) is 0.217. The third-order valence-corrected chi connectivity index (χ3v) is 4.19. The topological polar surface area (TPSA) is 65.7 Å². The number of halogens is 2. The van der Waals surface area contributed by atoms with Crippen molar-refractivity contribution in [1.82, 2.24) is 25.1 Å². The summed E-state index contributed by atoms with van der Waals surface area (Å²) in [4.78, 5) is 12.3. The summed E-state index contributed by atoms with van der Waals surface area (Å²) in [5.41, 5.74) is 2.43. The van der Waals surface area contributed by atoms with Gasteiger partial charge in [-0.3, -0.25) is 18.9 Å². The molecular formula is C23H21F2IrN5-2. The molecule has 0 aliphatic rings. The predicted molar refractivity (Wildman–Crippen MR) is 110 cm³/mol. The zero-order valence-electron chi connectivity index (χ0n) is 17.5. The molecule has 163 valence electrons. The molecular weight excluding hydrogens is 577 g/mol. The summed E-state index contributed by atoms with van der Waals surface area (Å²) in [6, 6.07) is 13.9. The van der Waals surface area contributed by atoms with Crippen molar-refractivity contribution in [1.29, 1.82) is 0 Å². The Morgan fingerprint density at radius 2 is 1.71 bits per heavy atom. The molecule has 3 aromatic heterocycles. The Kier molecular flexibility index (Phi) is 8.25. The van der Waals surface area contributed by atoms with Crippen molar-refractivity contribution in [3.63, 3.8) is 0 Å². The van der Waals surface area contributed by atoms with E-state index in [0.717, 1.165) is 23.4 Å². The molecule has 0 aliphatic heterocycles. The normalized spacial score (nSPS) is 10.6. The molecule has 0 bridgehead atoms. The fourth-order valence-corrected chi connectivity index (χ4v) is 2.60. The zero-order chi connectivity index (χ0) is 21.7. The number of nitrogens with zero attached hydrogens (tertiary/aromatic N) is 5. The summed E-state index contributed by atoms with van der Waals surface area (Å²) in [5, 5.41) is 7.65. The van der Waals surface area contributed by atoms with E-state index in [9.17, 15) is 8.78 Å². The summed E-state index contributed by atoms with van der Waals surface area (Å²) in [6.45, 7) is 8.00. The second-order valence-electron chi connectivity index (χ2n) is 7.62. The molecule has 0 saturated heterocycles. The van der Waals surface area contributed by atoms with Crippen molar-refractivity contribution in [2.24, 2.45) is 0 Å². The number of pyridine rings is 2. The summed E-state index contributed by atoms with van der Waals surface area (Å²) < 4.78 is 26.5. The van der Waals surface area contributed by atoms with Gasteiger partial charge in [-0.25, -0.2) is 0 Å². The van der Waals surface area contributed by atoms with E-state index in [2.05, 4.69) is 52.0 Å². The minimum Gasteiger partial charge on any atom is -0.421 e. The van der Waals surface area contributed by atoms with Crippen LogP contribution >= 0.6 is 0 Å². The quantitative estimate of drug-likeness (QED) is 0.307. The van der Waals surface area contributed by atoms with Crippen LogP contribution in [0.2, 0.25) is 0 Å². The van der Waals surface area contributed by atoms with Gasteiger partial charge < -0.3 is 15.1 Å². The minimum atomic E-state index is -0.645. The first-order valence-electron chi connectivity index (χ1n) is 9.33. The standard InChI is InChI=1S/C15H14F2N.C8H7N4.Ir/c1-15(2,3)10-6-7-18-14(8-10)12-5-4-11(16)9-13(12)17;1-6-10-8(12-11-6)7-4-2-3-5-9-7;/h4,6-9H,1-3H3;2-5H,1H3;/q2*-1;. The van der Waals surface area contributed by atoms with Crippen LogP contribution < -0.4 is 5.10 Å². The van der Waals surface area contributed by atoms with E-state index in [1.165, 1.54) is 0 Å². The van der Waals surface area contributed by atoms with Gasteiger partial charge in [-0.1, -0.05) is 44.5 Å². The van der Waals surface area contributed by atoms with Crippen molar-refractivity contribution in [2.75, 3.05) is 0 Å². The van der Waals surface area contributed by atoms with Gasteiger partial charge >= 0.3 is 0 Å². The monoisotopic (exact) mass is 598 g/mol. The molecule has 0 unspecified atom stereocenters. The molecule has 1 aromatic carbocycles. The molecule has 0 atom stereocenters. The minimum absolute atomic E-state index is 0. The van der Waals surface area contributed by atoms with E-state index < -0.39 is 11.6 Å². The van der Waals surface area contributed by atoms with Crippen molar-refractivity contribution in [3.8, 4) is 22.8 Å². The second-order valence-corrected chi connectivity index (χ2v) is 7.62. The third-order valence-electron chi connectivity index (χ3n) is 4.19. The Hall–Kier alpha value is -2.83. The van der Waals surface area contributed by atoms with Crippen LogP contribution in [0.4, 0.5) is 8.78 Å². The SMILES string of the molecule is CC(C)(C)c1ccnc(-c2[c-]cc(F)cc2F)c1.Cc1n[n-]c(-c2ccccn2)n1.[Ir]. The number of aryl methyl sites for hydroxylation is 1. The van der Waals surface area contributed by atoms with Crippen molar-refractivity contribution in [3.05, 3.63) is 83.9 Å². The van der Waals surface area contributed by atoms with E-state index in [0.29, 0.717) is 17.3 Å². The summed E-state index contributed by atoms with van der Waals surface area (Å²) in [6.07, 6.45) is 3.34. The van der Waals surface area contributed by atoms with E-state index in [-0.39, 0.29) is 31.1 Å². The number of aromatic nitrogens is 5. The first-order valence-corrected chi connectivity index (χ1v) is 9.33. The Labute approximate surface area is 193 Å². The van der Waals surface area contributed by atoms with Gasteiger partial charge in [0, 0.05) is 50.0 Å². The van der Waals surface area contributed by atoms with Crippen LogP contribution in [0.15, 0.2) is 54.9 Å². The van der Waals surface area contributed by atoms with Crippen LogP contribution in [0.25, 0.3) is 22.8 Å². The van der Waals surface area contributed by atoms with Crippen LogP contribution in [-0.4, -0.2) is 20.1 Å². The van der Waals surface area contributed by atoms with E-state index in [1.54, 1.807) is 19.3 Å². The van der Waals surface area contributed by atoms with Crippen LogP contribution in [0.1, 0.15) is 32.2 Å². The molecule has 31 heavy (non-hydrogen) atoms. The fourth-order valence-electron chi connectivity index (χ4n) is 2.60. The second kappa shape index (κ2) is 10.5. The molecule has 3 heterocycles. The molecule has 8 heteroatoms. The summed E-state index contributed by atoms with van der Waals surface area (Å²) in [7, 11) is 0. The first kappa shape index (κ1) is 24.4. The molecule has 0 aliphatic carbocycles. The Balaban J connectivity index is 0.000000229. The van der Waals surface area contributed by atoms with Gasteiger partial charge in [-0.15, -0.1) is 12.1 Å². The maximum atomic E-state index is 13.7. The number of hydrogen-bond acceptors (Lipinski definition) is 4. The molecule has 4 aromatic rings. The Morgan fingerprint density at radius 3 is 2.29 bits per heavy atom. The van der Waals surface area contributed by atoms with Gasteiger partial charge in [-0.05, 0) is 47.6 Å². The van der Waals surface area contributed by atoms with Gasteiger partial charge in [0.15, 0.2) is 0 Å². The Morgan fingerprint density at radius 1 is 0.968 bits per heavy atom. The zero-order valence-corrected chi connectivity index (χ0v) is 19.9. The molecule has 0 saturated carbocycles. The average molecular weight is 598 g/mol. The predicted octanol–water partition coefficient (Wildman–Crippen LogP) is 4.93. The van der Waals surface area contributed by atoms with Gasteiger partial charge in [0.1, 0.15) is 0 Å². The van der Waals surface area contributed by atoms with Crippen molar-refractivity contribution >= 4 is 0 Å². The van der Waals surface area contributed by atoms with Crippen molar-refractivity contribution in [2.45, 2.75) is 33.1 Å². The molecule has 0 N–H and O–H groups in total. The molecule has 0 fully saturated rings. The van der Waals surface area contributed by atoms with Gasteiger partial charge in [0.25, 0.3) is 0 Å². The number of benzene rings is 1. The van der Waals surface area contributed by atoms with Gasteiger partial charge in [-0.2, -0.15) is 0 Å². The average Bonchev–Trinajstić information content (AvgIpc) is 3.15. The maximum absolute atomic E-state index is 13.7. The third kappa shape index (κ3) is 6.57. The molecule has 1 radical (unpaired) electrons. The largest absolute Gasteiger partial charge is 0.421 e. The van der Waals surface area contributed by atoms with E-state index in [4.69, 9.17) is 0 Å². The van der Waals surface area contributed by atoms with Gasteiger partial charge in [0.05, 0.1) is 5.69 Å². The number of rotatable bonds is 2. The summed E-state index contributed by atoms with van der Waals surface area (Å²) in [5.74, 6) is -0.0134.